The second kappa shape index (κ2) is 3.18. The highest BCUT2D eigenvalue weighted by Crippen LogP contribution is 2.51. The molecule has 2 N–H and O–H groups in total. The van der Waals surface area contributed by atoms with Gasteiger partial charge in [-0.2, -0.15) is 0 Å². The highest BCUT2D eigenvalue weighted by molar-refractivity contribution is 5.90. The van der Waals surface area contributed by atoms with Crippen LogP contribution in [0, 0.1) is 6.92 Å². The van der Waals surface area contributed by atoms with Crippen molar-refractivity contribution in [3.8, 4) is 5.88 Å². The van der Waals surface area contributed by atoms with Crippen molar-refractivity contribution < 1.29 is 9.53 Å². The zero-order valence-corrected chi connectivity index (χ0v) is 8.78. The summed E-state index contributed by atoms with van der Waals surface area (Å²) in [5, 5.41) is 0. The van der Waals surface area contributed by atoms with Gasteiger partial charge in [0.1, 0.15) is 6.33 Å². The Morgan fingerprint density at radius 3 is 2.67 bits per heavy atom. The van der Waals surface area contributed by atoms with E-state index >= 15 is 0 Å². The van der Waals surface area contributed by atoms with E-state index in [-0.39, 0.29) is 5.91 Å². The topological polar surface area (TPSA) is 78.1 Å². The van der Waals surface area contributed by atoms with Gasteiger partial charge in [0.2, 0.25) is 11.8 Å². The first-order chi connectivity index (χ1) is 7.12. The number of carbonyl (C=O) groups excluding carboxylic acids is 1. The van der Waals surface area contributed by atoms with Crippen molar-refractivity contribution in [2.24, 2.45) is 5.73 Å². The Kier molecular flexibility index (Phi) is 2.10. The largest absolute Gasteiger partial charge is 0.481 e. The molecule has 0 saturated heterocycles. The van der Waals surface area contributed by atoms with E-state index in [2.05, 4.69) is 9.97 Å². The van der Waals surface area contributed by atoms with Crippen LogP contribution in [0.3, 0.4) is 0 Å². The van der Waals surface area contributed by atoms with E-state index in [1.54, 1.807) is 0 Å². The van der Waals surface area contributed by atoms with Crippen LogP contribution in [-0.2, 0) is 10.2 Å². The van der Waals surface area contributed by atoms with Crippen LogP contribution in [0.15, 0.2) is 6.33 Å². The predicted molar refractivity (Wildman–Crippen MR) is 53.4 cm³/mol. The van der Waals surface area contributed by atoms with Crippen LogP contribution in [0.5, 0.6) is 5.88 Å². The fourth-order valence-corrected chi connectivity index (χ4v) is 1.90. The van der Waals surface area contributed by atoms with Gasteiger partial charge >= 0.3 is 0 Å². The van der Waals surface area contributed by atoms with Crippen molar-refractivity contribution in [1.82, 2.24) is 9.97 Å². The molecule has 1 saturated carbocycles. The standard InChI is InChI=1S/C10H13N3O2/c1-6-7(8(15-2)13-5-12-6)10(3-4-10)9(11)14/h5H,3-4H2,1-2H3,(H2,11,14). The summed E-state index contributed by atoms with van der Waals surface area (Å²) in [6, 6.07) is 0. The summed E-state index contributed by atoms with van der Waals surface area (Å²) in [4.78, 5) is 19.5. The van der Waals surface area contributed by atoms with Gasteiger partial charge in [0, 0.05) is 5.69 Å². The Labute approximate surface area is 87.7 Å². The van der Waals surface area contributed by atoms with Gasteiger partial charge in [-0.25, -0.2) is 9.97 Å². The lowest BCUT2D eigenvalue weighted by Crippen LogP contribution is -2.30. The first-order valence-electron chi connectivity index (χ1n) is 4.78. The quantitative estimate of drug-likeness (QED) is 0.773. The molecule has 5 nitrogen and oxygen atoms in total. The average Bonchev–Trinajstić information content (AvgIpc) is 2.98. The van der Waals surface area contributed by atoms with Gasteiger partial charge < -0.3 is 10.5 Å². The molecular weight excluding hydrogens is 194 g/mol. The van der Waals surface area contributed by atoms with Crippen molar-refractivity contribution in [2.45, 2.75) is 25.2 Å². The minimum absolute atomic E-state index is 0.321. The fourth-order valence-electron chi connectivity index (χ4n) is 1.90. The molecule has 80 valence electrons. The van der Waals surface area contributed by atoms with Gasteiger partial charge in [-0.3, -0.25) is 4.79 Å². The minimum atomic E-state index is -0.587. The summed E-state index contributed by atoms with van der Waals surface area (Å²) < 4.78 is 5.14. The normalized spacial score (nSPS) is 17.2. The molecule has 0 bridgehead atoms. The molecule has 2 rings (SSSR count). The Morgan fingerprint density at radius 2 is 2.20 bits per heavy atom. The maximum Gasteiger partial charge on any atom is 0.228 e. The second-order valence-electron chi connectivity index (χ2n) is 3.79. The zero-order chi connectivity index (χ0) is 11.1. The van der Waals surface area contributed by atoms with Crippen molar-refractivity contribution in [2.75, 3.05) is 7.11 Å². The lowest BCUT2D eigenvalue weighted by atomic mass is 9.95. The van der Waals surface area contributed by atoms with E-state index in [1.165, 1.54) is 13.4 Å². The van der Waals surface area contributed by atoms with Crippen molar-refractivity contribution in [3.05, 3.63) is 17.6 Å². The van der Waals surface area contributed by atoms with Crippen molar-refractivity contribution in [1.29, 1.82) is 0 Å². The highest BCUT2D eigenvalue weighted by atomic mass is 16.5. The minimum Gasteiger partial charge on any atom is -0.481 e. The molecule has 0 radical (unpaired) electrons. The van der Waals surface area contributed by atoms with Crippen LogP contribution in [0.2, 0.25) is 0 Å². The molecule has 1 heterocycles. The van der Waals surface area contributed by atoms with E-state index < -0.39 is 5.41 Å². The molecule has 5 heteroatoms. The number of hydrogen-bond donors (Lipinski definition) is 1. The smallest absolute Gasteiger partial charge is 0.228 e. The molecule has 0 spiro atoms. The molecular formula is C10H13N3O2. The number of primary amides is 1. The second-order valence-corrected chi connectivity index (χ2v) is 3.79. The molecule has 0 atom stereocenters. The SMILES string of the molecule is COc1ncnc(C)c1C1(C(N)=O)CC1. The molecule has 1 aromatic heterocycles. The molecule has 1 fully saturated rings. The van der Waals surface area contributed by atoms with Crippen LogP contribution in [0.25, 0.3) is 0 Å². The Morgan fingerprint density at radius 1 is 1.53 bits per heavy atom. The molecule has 0 aromatic carbocycles. The molecule has 1 aliphatic rings. The highest BCUT2D eigenvalue weighted by Gasteiger charge is 2.53. The summed E-state index contributed by atoms with van der Waals surface area (Å²) >= 11 is 0. The number of nitrogens with zero attached hydrogens (tertiary/aromatic N) is 2. The van der Waals surface area contributed by atoms with E-state index in [4.69, 9.17) is 10.5 Å². The Hall–Kier alpha value is -1.65. The van der Waals surface area contributed by atoms with Gasteiger partial charge in [0.15, 0.2) is 0 Å². The fraction of sp³-hybridized carbons (Fsp3) is 0.500. The van der Waals surface area contributed by atoms with Gasteiger partial charge in [-0.05, 0) is 19.8 Å². The maximum atomic E-state index is 11.4. The van der Waals surface area contributed by atoms with Gasteiger partial charge in [-0.1, -0.05) is 0 Å². The van der Waals surface area contributed by atoms with E-state index in [0.29, 0.717) is 5.88 Å². The number of nitrogens with two attached hydrogens (primary N) is 1. The monoisotopic (exact) mass is 207 g/mol. The number of carbonyl (C=O) groups is 1. The molecule has 1 amide bonds. The molecule has 0 unspecified atom stereocenters. The third-order valence-electron chi connectivity index (χ3n) is 2.90. The first-order valence-corrected chi connectivity index (χ1v) is 4.78. The molecule has 1 aliphatic carbocycles. The van der Waals surface area contributed by atoms with E-state index in [0.717, 1.165) is 24.1 Å². The number of hydrogen-bond acceptors (Lipinski definition) is 4. The zero-order valence-electron chi connectivity index (χ0n) is 8.78. The summed E-state index contributed by atoms with van der Waals surface area (Å²) in [5.41, 5.74) is 6.33. The summed E-state index contributed by atoms with van der Waals surface area (Å²) in [7, 11) is 1.53. The van der Waals surface area contributed by atoms with Gasteiger partial charge in [0.25, 0.3) is 0 Å². The summed E-state index contributed by atoms with van der Waals surface area (Å²) in [5.74, 6) is 0.137. The predicted octanol–water partition coefficient (Wildman–Crippen LogP) is 0.311. The third-order valence-corrected chi connectivity index (χ3v) is 2.90. The van der Waals surface area contributed by atoms with Crippen molar-refractivity contribution in [3.63, 3.8) is 0 Å². The van der Waals surface area contributed by atoms with Crippen molar-refractivity contribution >= 4 is 5.91 Å². The van der Waals surface area contributed by atoms with Crippen LogP contribution >= 0.6 is 0 Å². The molecule has 0 aliphatic heterocycles. The Balaban J connectivity index is 2.56. The van der Waals surface area contributed by atoms with Crippen LogP contribution < -0.4 is 10.5 Å². The van der Waals surface area contributed by atoms with E-state index in [1.807, 2.05) is 6.92 Å². The number of amides is 1. The van der Waals surface area contributed by atoms with Gasteiger partial charge in [-0.15, -0.1) is 0 Å². The number of aromatic nitrogens is 2. The third kappa shape index (κ3) is 1.35. The van der Waals surface area contributed by atoms with E-state index in [9.17, 15) is 4.79 Å². The molecule has 1 aromatic rings. The Bertz CT molecular complexity index is 413. The number of aryl methyl sites for hydroxylation is 1. The lowest BCUT2D eigenvalue weighted by molar-refractivity contribution is -0.120. The lowest BCUT2D eigenvalue weighted by Gasteiger charge is -2.15. The number of methoxy groups -OCH3 is 1. The maximum absolute atomic E-state index is 11.4. The van der Waals surface area contributed by atoms with Crippen LogP contribution in [0.4, 0.5) is 0 Å². The van der Waals surface area contributed by atoms with Crippen LogP contribution in [-0.4, -0.2) is 23.0 Å². The average molecular weight is 207 g/mol. The molecule has 15 heavy (non-hydrogen) atoms. The first kappa shape index (κ1) is 9.89. The summed E-state index contributed by atoms with van der Waals surface area (Å²) in [6.07, 6.45) is 2.94. The number of ether oxygens (including phenoxy) is 1. The number of rotatable bonds is 3. The van der Waals surface area contributed by atoms with Crippen LogP contribution in [0.1, 0.15) is 24.1 Å². The van der Waals surface area contributed by atoms with Gasteiger partial charge in [0.05, 0.1) is 18.1 Å². The summed E-state index contributed by atoms with van der Waals surface area (Å²) in [6.45, 7) is 1.84.